The van der Waals surface area contributed by atoms with E-state index in [-0.39, 0.29) is 11.9 Å². The summed E-state index contributed by atoms with van der Waals surface area (Å²) in [5, 5.41) is 3.11. The van der Waals surface area contributed by atoms with Crippen LogP contribution < -0.4 is 10.1 Å². The molecule has 5 heteroatoms. The highest BCUT2D eigenvalue weighted by atomic mass is 79.9. The lowest BCUT2D eigenvalue weighted by Crippen LogP contribution is -2.13. The maximum absolute atomic E-state index is 13.8. The van der Waals surface area contributed by atoms with Crippen molar-refractivity contribution >= 4 is 31.9 Å². The fourth-order valence-corrected chi connectivity index (χ4v) is 3.06. The molecular formula is C16H16Br2FNO. The molecule has 2 aromatic carbocycles. The van der Waals surface area contributed by atoms with E-state index >= 15 is 0 Å². The Bertz CT molecular complexity index is 661. The molecule has 0 aliphatic carbocycles. The number of hydrogen-bond donors (Lipinski definition) is 1. The number of hydrogen-bond acceptors (Lipinski definition) is 2. The maximum atomic E-state index is 13.8. The number of benzene rings is 2. The van der Waals surface area contributed by atoms with Crippen LogP contribution in [0, 0.1) is 12.7 Å². The van der Waals surface area contributed by atoms with Gasteiger partial charge in [0.25, 0.3) is 0 Å². The van der Waals surface area contributed by atoms with Crippen LogP contribution in [-0.4, -0.2) is 7.05 Å². The van der Waals surface area contributed by atoms with E-state index in [0.717, 1.165) is 14.5 Å². The Morgan fingerprint density at radius 1 is 1.14 bits per heavy atom. The summed E-state index contributed by atoms with van der Waals surface area (Å²) in [7, 11) is 1.84. The van der Waals surface area contributed by atoms with Crippen molar-refractivity contribution in [3.8, 4) is 11.5 Å². The van der Waals surface area contributed by atoms with Crippen molar-refractivity contribution in [3.05, 3.63) is 56.2 Å². The van der Waals surface area contributed by atoms with Crippen LogP contribution in [0.15, 0.2) is 39.3 Å². The molecule has 1 N–H and O–H groups in total. The summed E-state index contributed by atoms with van der Waals surface area (Å²) < 4.78 is 21.6. The van der Waals surface area contributed by atoms with Crippen molar-refractivity contribution in [1.82, 2.24) is 5.32 Å². The van der Waals surface area contributed by atoms with E-state index in [2.05, 4.69) is 37.2 Å². The molecule has 0 radical (unpaired) electrons. The Balaban J connectivity index is 2.45. The van der Waals surface area contributed by atoms with Gasteiger partial charge in [0, 0.05) is 16.1 Å². The monoisotopic (exact) mass is 415 g/mol. The fourth-order valence-electron chi connectivity index (χ4n) is 1.93. The zero-order chi connectivity index (χ0) is 15.6. The van der Waals surface area contributed by atoms with Crippen LogP contribution in [0.5, 0.6) is 11.5 Å². The highest BCUT2D eigenvalue weighted by Gasteiger charge is 2.15. The molecule has 2 aromatic rings. The summed E-state index contributed by atoms with van der Waals surface area (Å²) in [4.78, 5) is 0. The standard InChI is InChI=1S/C16H16Br2FNO/c1-9-6-16(12(8-14(9)19)10(2)20-3)21-15-5-4-11(17)7-13(15)18/h4-8,10,20H,1-3H3. The van der Waals surface area contributed by atoms with Crippen molar-refractivity contribution in [2.75, 3.05) is 7.05 Å². The van der Waals surface area contributed by atoms with Gasteiger partial charge in [0.1, 0.15) is 17.3 Å². The summed E-state index contributed by atoms with van der Waals surface area (Å²) >= 11 is 6.88. The topological polar surface area (TPSA) is 21.3 Å². The van der Waals surface area contributed by atoms with Crippen LogP contribution in [0.1, 0.15) is 24.1 Å². The molecule has 0 bridgehead atoms. The molecule has 1 atom stereocenters. The Hall–Kier alpha value is -0.910. The first-order valence-corrected chi connectivity index (χ1v) is 8.11. The third kappa shape index (κ3) is 3.84. The molecule has 2 rings (SSSR count). The van der Waals surface area contributed by atoms with Crippen molar-refractivity contribution in [2.45, 2.75) is 19.9 Å². The molecule has 0 spiro atoms. The summed E-state index contributed by atoms with van der Waals surface area (Å²) in [6, 6.07) is 8.92. The van der Waals surface area contributed by atoms with Gasteiger partial charge in [-0.25, -0.2) is 4.39 Å². The first-order valence-electron chi connectivity index (χ1n) is 6.52. The second-order valence-corrected chi connectivity index (χ2v) is 6.60. The van der Waals surface area contributed by atoms with Crippen molar-refractivity contribution in [2.24, 2.45) is 0 Å². The highest BCUT2D eigenvalue weighted by molar-refractivity contribution is 9.11. The molecule has 0 fully saturated rings. The summed E-state index contributed by atoms with van der Waals surface area (Å²) in [5.74, 6) is 1.11. The van der Waals surface area contributed by atoms with Gasteiger partial charge in [0.05, 0.1) is 4.47 Å². The quantitative estimate of drug-likeness (QED) is 0.686. The van der Waals surface area contributed by atoms with Gasteiger partial charge in [-0.1, -0.05) is 15.9 Å². The minimum atomic E-state index is -0.227. The van der Waals surface area contributed by atoms with E-state index in [9.17, 15) is 4.39 Å². The first kappa shape index (κ1) is 16.5. The lowest BCUT2D eigenvalue weighted by Gasteiger charge is -2.18. The number of aryl methyl sites for hydroxylation is 1. The molecule has 2 nitrogen and oxygen atoms in total. The molecule has 0 heterocycles. The third-order valence-corrected chi connectivity index (χ3v) is 4.42. The second kappa shape index (κ2) is 6.90. The maximum Gasteiger partial charge on any atom is 0.141 e. The van der Waals surface area contributed by atoms with Gasteiger partial charge in [-0.2, -0.15) is 0 Å². The van der Waals surface area contributed by atoms with Crippen LogP contribution in [-0.2, 0) is 0 Å². The largest absolute Gasteiger partial charge is 0.456 e. The zero-order valence-electron chi connectivity index (χ0n) is 12.0. The van der Waals surface area contributed by atoms with Gasteiger partial charge < -0.3 is 10.1 Å². The molecule has 0 saturated heterocycles. The van der Waals surface area contributed by atoms with E-state index in [1.54, 1.807) is 13.0 Å². The number of nitrogens with one attached hydrogen (secondary N) is 1. The lowest BCUT2D eigenvalue weighted by atomic mass is 10.0. The van der Waals surface area contributed by atoms with Crippen molar-refractivity contribution in [1.29, 1.82) is 0 Å². The minimum Gasteiger partial charge on any atom is -0.456 e. The molecule has 0 aromatic heterocycles. The normalized spacial score (nSPS) is 12.3. The number of halogens is 3. The lowest BCUT2D eigenvalue weighted by molar-refractivity contribution is 0.459. The zero-order valence-corrected chi connectivity index (χ0v) is 15.2. The van der Waals surface area contributed by atoms with E-state index in [0.29, 0.717) is 17.1 Å². The van der Waals surface area contributed by atoms with Crippen LogP contribution in [0.4, 0.5) is 4.39 Å². The number of ether oxygens (including phenoxy) is 1. The predicted molar refractivity (Wildman–Crippen MR) is 90.5 cm³/mol. The van der Waals surface area contributed by atoms with Gasteiger partial charge in [0.2, 0.25) is 0 Å². The van der Waals surface area contributed by atoms with Gasteiger partial charge in [0.15, 0.2) is 0 Å². The van der Waals surface area contributed by atoms with Gasteiger partial charge >= 0.3 is 0 Å². The number of rotatable bonds is 4. The molecule has 21 heavy (non-hydrogen) atoms. The molecular weight excluding hydrogens is 401 g/mol. The van der Waals surface area contributed by atoms with Crippen LogP contribution in [0.3, 0.4) is 0 Å². The first-order chi connectivity index (χ1) is 9.92. The van der Waals surface area contributed by atoms with E-state index < -0.39 is 0 Å². The van der Waals surface area contributed by atoms with Gasteiger partial charge in [-0.15, -0.1) is 0 Å². The average molecular weight is 417 g/mol. The second-order valence-electron chi connectivity index (χ2n) is 4.83. The van der Waals surface area contributed by atoms with Crippen LogP contribution >= 0.6 is 31.9 Å². The SMILES string of the molecule is CNC(C)c1cc(F)c(C)cc1Oc1ccc(Br)cc1Br. The summed E-state index contributed by atoms with van der Waals surface area (Å²) in [6.07, 6.45) is 0. The molecule has 1 unspecified atom stereocenters. The molecule has 0 amide bonds. The Morgan fingerprint density at radius 2 is 1.86 bits per heavy atom. The molecule has 112 valence electrons. The predicted octanol–water partition coefficient (Wildman–Crippen LogP) is 5.73. The Labute approximate surface area is 141 Å². The summed E-state index contributed by atoms with van der Waals surface area (Å²) in [5.41, 5.74) is 1.35. The van der Waals surface area contributed by atoms with E-state index in [1.807, 2.05) is 32.2 Å². The Morgan fingerprint density at radius 3 is 2.48 bits per heavy atom. The van der Waals surface area contributed by atoms with E-state index in [1.165, 1.54) is 6.07 Å². The van der Waals surface area contributed by atoms with Crippen LogP contribution in [0.2, 0.25) is 0 Å². The minimum absolute atomic E-state index is 0.00989. The third-order valence-electron chi connectivity index (χ3n) is 3.30. The fraction of sp³-hybridized carbons (Fsp3) is 0.250. The van der Waals surface area contributed by atoms with E-state index in [4.69, 9.17) is 4.74 Å². The Kier molecular flexibility index (Phi) is 5.41. The van der Waals surface area contributed by atoms with Gasteiger partial charge in [-0.05, 0) is 72.7 Å². The molecule has 0 saturated carbocycles. The van der Waals surface area contributed by atoms with Gasteiger partial charge in [-0.3, -0.25) is 0 Å². The van der Waals surface area contributed by atoms with Crippen molar-refractivity contribution < 1.29 is 9.13 Å². The smallest absolute Gasteiger partial charge is 0.141 e. The van der Waals surface area contributed by atoms with Crippen molar-refractivity contribution in [3.63, 3.8) is 0 Å². The highest BCUT2D eigenvalue weighted by Crippen LogP contribution is 2.36. The van der Waals surface area contributed by atoms with Crippen LogP contribution in [0.25, 0.3) is 0 Å². The average Bonchev–Trinajstić information content (AvgIpc) is 2.44. The molecule has 0 aliphatic rings. The summed E-state index contributed by atoms with van der Waals surface area (Å²) in [6.45, 7) is 3.69. The molecule has 0 aliphatic heterocycles.